The maximum absolute atomic E-state index is 6.26. The first kappa shape index (κ1) is 14.0. The van der Waals surface area contributed by atoms with Gasteiger partial charge in [-0.3, -0.25) is 0 Å². The van der Waals surface area contributed by atoms with Crippen molar-refractivity contribution in [1.29, 1.82) is 0 Å². The van der Waals surface area contributed by atoms with Crippen LogP contribution < -0.4 is 10.6 Å². The van der Waals surface area contributed by atoms with E-state index in [0.29, 0.717) is 5.02 Å². The molecule has 5 nitrogen and oxygen atoms in total. The maximum atomic E-state index is 6.26. The molecule has 0 aliphatic heterocycles. The van der Waals surface area contributed by atoms with Crippen molar-refractivity contribution in [2.24, 2.45) is 0 Å². The number of nitrogens with zero attached hydrogens (tertiary/aromatic N) is 3. The zero-order valence-electron chi connectivity index (χ0n) is 11.4. The summed E-state index contributed by atoms with van der Waals surface area (Å²) >= 11 is 7.43. The van der Waals surface area contributed by atoms with Gasteiger partial charge in [0, 0.05) is 6.54 Å². The fourth-order valence-electron chi connectivity index (χ4n) is 1.93. The van der Waals surface area contributed by atoms with Crippen molar-refractivity contribution in [3.63, 3.8) is 0 Å². The molecule has 0 unspecified atom stereocenters. The van der Waals surface area contributed by atoms with Crippen LogP contribution in [0.1, 0.15) is 13.3 Å². The minimum atomic E-state index is 0.601. The molecule has 0 amide bonds. The van der Waals surface area contributed by atoms with Gasteiger partial charge in [0.05, 0.1) is 22.4 Å². The van der Waals surface area contributed by atoms with E-state index in [1.54, 1.807) is 0 Å². The van der Waals surface area contributed by atoms with Crippen molar-refractivity contribution < 1.29 is 0 Å². The second-order valence-electron chi connectivity index (χ2n) is 4.51. The highest BCUT2D eigenvalue weighted by Crippen LogP contribution is 2.32. The van der Waals surface area contributed by atoms with Crippen molar-refractivity contribution in [3.05, 3.63) is 35.4 Å². The molecule has 108 valence electrons. The van der Waals surface area contributed by atoms with E-state index in [2.05, 4.69) is 31.3 Å². The normalized spacial score (nSPS) is 10.8. The third-order valence-corrected chi connectivity index (χ3v) is 3.79. The lowest BCUT2D eigenvalue weighted by Crippen LogP contribution is -2.03. The highest BCUT2D eigenvalue weighted by atomic mass is 35.5. The van der Waals surface area contributed by atoms with E-state index < -0.39 is 0 Å². The van der Waals surface area contributed by atoms with Crippen LogP contribution in [-0.4, -0.2) is 20.3 Å². The minimum absolute atomic E-state index is 0.601. The number of benzene rings is 1. The first-order valence-corrected chi connectivity index (χ1v) is 7.77. The molecule has 0 aliphatic carbocycles. The van der Waals surface area contributed by atoms with Gasteiger partial charge in [-0.2, -0.15) is 8.75 Å². The first-order chi connectivity index (χ1) is 10.3. The molecular formula is C14H14ClN5S. The van der Waals surface area contributed by atoms with E-state index in [-0.39, 0.29) is 0 Å². The molecule has 2 aromatic heterocycles. The predicted octanol–water partition coefficient (Wildman–Crippen LogP) is 4.31. The average molecular weight is 320 g/mol. The first-order valence-electron chi connectivity index (χ1n) is 6.66. The van der Waals surface area contributed by atoms with Crippen LogP contribution >= 0.6 is 23.3 Å². The fourth-order valence-corrected chi connectivity index (χ4v) is 2.67. The number of hydrogen-bond donors (Lipinski definition) is 2. The number of fused-ring (bicyclic) bond motifs is 1. The molecular weight excluding hydrogens is 306 g/mol. The van der Waals surface area contributed by atoms with Crippen molar-refractivity contribution >= 4 is 51.7 Å². The molecule has 0 bridgehead atoms. The molecule has 3 aromatic rings. The molecule has 0 atom stereocenters. The lowest BCUT2D eigenvalue weighted by atomic mass is 10.2. The Kier molecular flexibility index (Phi) is 4.17. The number of nitrogens with one attached hydrogen (secondary N) is 2. The average Bonchev–Trinajstić information content (AvgIpc) is 2.97. The Hall–Kier alpha value is -1.92. The van der Waals surface area contributed by atoms with Crippen LogP contribution in [0.15, 0.2) is 30.3 Å². The van der Waals surface area contributed by atoms with E-state index in [0.717, 1.165) is 41.3 Å². The summed E-state index contributed by atoms with van der Waals surface area (Å²) in [7, 11) is 0. The van der Waals surface area contributed by atoms with E-state index in [9.17, 15) is 0 Å². The lowest BCUT2D eigenvalue weighted by molar-refractivity contribution is 0.970. The smallest absolute Gasteiger partial charge is 0.132 e. The summed E-state index contributed by atoms with van der Waals surface area (Å²) in [5.74, 6) is 1.56. The Morgan fingerprint density at radius 1 is 1.14 bits per heavy atom. The largest absolute Gasteiger partial charge is 0.370 e. The van der Waals surface area contributed by atoms with Gasteiger partial charge in [0.1, 0.15) is 22.7 Å². The Labute approximate surface area is 131 Å². The number of pyridine rings is 1. The summed E-state index contributed by atoms with van der Waals surface area (Å²) in [6.45, 7) is 3.01. The summed E-state index contributed by atoms with van der Waals surface area (Å²) < 4.78 is 8.51. The highest BCUT2D eigenvalue weighted by molar-refractivity contribution is 7.00. The quantitative estimate of drug-likeness (QED) is 0.734. The van der Waals surface area contributed by atoms with Gasteiger partial charge in [0.25, 0.3) is 0 Å². The van der Waals surface area contributed by atoms with E-state index in [4.69, 9.17) is 11.6 Å². The molecule has 21 heavy (non-hydrogen) atoms. The van der Waals surface area contributed by atoms with Crippen molar-refractivity contribution in [3.8, 4) is 0 Å². The second kappa shape index (κ2) is 6.24. The van der Waals surface area contributed by atoms with Crippen LogP contribution in [-0.2, 0) is 0 Å². The van der Waals surface area contributed by atoms with Crippen LogP contribution in [0.5, 0.6) is 0 Å². The van der Waals surface area contributed by atoms with Gasteiger partial charge in [-0.05, 0) is 30.7 Å². The van der Waals surface area contributed by atoms with Crippen LogP contribution in [0.25, 0.3) is 11.0 Å². The van der Waals surface area contributed by atoms with Crippen LogP contribution in [0, 0.1) is 0 Å². The minimum Gasteiger partial charge on any atom is -0.370 e. The lowest BCUT2D eigenvalue weighted by Gasteiger charge is -2.10. The van der Waals surface area contributed by atoms with Gasteiger partial charge < -0.3 is 10.6 Å². The van der Waals surface area contributed by atoms with Crippen LogP contribution in [0.2, 0.25) is 5.02 Å². The molecule has 2 heterocycles. The third-order valence-electron chi connectivity index (χ3n) is 2.94. The zero-order valence-corrected chi connectivity index (χ0v) is 13.0. The van der Waals surface area contributed by atoms with Gasteiger partial charge >= 0.3 is 0 Å². The number of halogens is 1. The topological polar surface area (TPSA) is 62.7 Å². The highest BCUT2D eigenvalue weighted by Gasteiger charge is 2.10. The molecule has 3 rings (SSSR count). The molecule has 0 fully saturated rings. The van der Waals surface area contributed by atoms with E-state index in [1.165, 1.54) is 11.7 Å². The summed E-state index contributed by atoms with van der Waals surface area (Å²) in [5.41, 5.74) is 2.33. The van der Waals surface area contributed by atoms with E-state index >= 15 is 0 Å². The molecule has 0 saturated carbocycles. The van der Waals surface area contributed by atoms with Crippen molar-refractivity contribution in [2.45, 2.75) is 13.3 Å². The van der Waals surface area contributed by atoms with Gasteiger partial charge in [-0.1, -0.05) is 24.6 Å². The summed E-state index contributed by atoms with van der Waals surface area (Å²) in [5, 5.41) is 7.10. The van der Waals surface area contributed by atoms with Gasteiger partial charge in [-0.25, -0.2) is 4.98 Å². The maximum Gasteiger partial charge on any atom is 0.132 e. The second-order valence-corrected chi connectivity index (χ2v) is 5.45. The van der Waals surface area contributed by atoms with Crippen molar-refractivity contribution in [1.82, 2.24) is 13.7 Å². The standard InChI is InChI=1S/C14H14ClN5S/c1-2-8-16-11-4-3-5-12(17-11)18-13-9(15)6-7-10-14(13)20-21-19-10/h3-7H,2,8H2,1H3,(H2,16,17,18). The summed E-state index contributed by atoms with van der Waals surface area (Å²) in [6, 6.07) is 9.45. The monoisotopic (exact) mass is 319 g/mol. The molecule has 1 aromatic carbocycles. The Morgan fingerprint density at radius 3 is 2.86 bits per heavy atom. The van der Waals surface area contributed by atoms with Crippen molar-refractivity contribution in [2.75, 3.05) is 17.2 Å². The Balaban J connectivity index is 1.91. The molecule has 0 radical (unpaired) electrons. The fraction of sp³-hybridized carbons (Fsp3) is 0.214. The number of hydrogen-bond acceptors (Lipinski definition) is 6. The third kappa shape index (κ3) is 3.06. The molecule has 0 aliphatic rings. The van der Waals surface area contributed by atoms with E-state index in [1.807, 2.05) is 30.3 Å². The summed E-state index contributed by atoms with van der Waals surface area (Å²) in [6.07, 6.45) is 1.05. The van der Waals surface area contributed by atoms with Crippen LogP contribution in [0.4, 0.5) is 17.3 Å². The Morgan fingerprint density at radius 2 is 2.00 bits per heavy atom. The molecule has 0 saturated heterocycles. The van der Waals surface area contributed by atoms with Gasteiger partial charge in [0.15, 0.2) is 0 Å². The Bertz CT molecular complexity index is 758. The zero-order chi connectivity index (χ0) is 14.7. The molecule has 7 heteroatoms. The summed E-state index contributed by atoms with van der Waals surface area (Å²) in [4.78, 5) is 4.51. The number of rotatable bonds is 5. The molecule has 2 N–H and O–H groups in total. The number of anilines is 3. The predicted molar refractivity (Wildman–Crippen MR) is 88.7 cm³/mol. The van der Waals surface area contributed by atoms with Gasteiger partial charge in [-0.15, -0.1) is 0 Å². The number of aromatic nitrogens is 3. The molecule has 0 spiro atoms. The SMILES string of the molecule is CCCNc1cccc(Nc2c(Cl)ccc3nsnc23)n1. The van der Waals surface area contributed by atoms with Gasteiger partial charge in [0.2, 0.25) is 0 Å². The van der Waals surface area contributed by atoms with Crippen LogP contribution in [0.3, 0.4) is 0 Å².